The molecule has 0 spiro atoms. The van der Waals surface area contributed by atoms with E-state index >= 15 is 0 Å². The van der Waals surface area contributed by atoms with Crippen LogP contribution in [0.15, 0.2) is 6.33 Å². The van der Waals surface area contributed by atoms with E-state index in [0.717, 1.165) is 5.82 Å². The van der Waals surface area contributed by atoms with Gasteiger partial charge in [0.05, 0.1) is 6.04 Å². The van der Waals surface area contributed by atoms with Crippen molar-refractivity contribution in [3.63, 3.8) is 0 Å². The van der Waals surface area contributed by atoms with Crippen LogP contribution in [-0.2, 0) is 7.05 Å². The van der Waals surface area contributed by atoms with E-state index in [1.165, 1.54) is 32.1 Å². The molecule has 2 rings (SSSR count). The molecule has 14 heavy (non-hydrogen) atoms. The first kappa shape index (κ1) is 9.65. The molecule has 0 amide bonds. The largest absolute Gasteiger partial charge is 0.321 e. The average molecular weight is 194 g/mol. The number of aromatic nitrogens is 3. The fourth-order valence-electron chi connectivity index (χ4n) is 2.30. The van der Waals surface area contributed by atoms with Gasteiger partial charge in [0.1, 0.15) is 12.2 Å². The summed E-state index contributed by atoms with van der Waals surface area (Å²) in [5.41, 5.74) is 6.19. The molecule has 0 aliphatic heterocycles. The van der Waals surface area contributed by atoms with Crippen LogP contribution >= 0.6 is 0 Å². The van der Waals surface area contributed by atoms with Crippen LogP contribution in [-0.4, -0.2) is 14.8 Å². The van der Waals surface area contributed by atoms with Crippen molar-refractivity contribution >= 4 is 0 Å². The minimum absolute atomic E-state index is 0.0720. The number of hydrogen-bond acceptors (Lipinski definition) is 3. The predicted molar refractivity (Wildman–Crippen MR) is 54.5 cm³/mol. The summed E-state index contributed by atoms with van der Waals surface area (Å²) in [6, 6.07) is 0.0720. The summed E-state index contributed by atoms with van der Waals surface area (Å²) < 4.78 is 1.93. The fourth-order valence-corrected chi connectivity index (χ4v) is 2.30. The van der Waals surface area contributed by atoms with Gasteiger partial charge in [-0.15, -0.1) is 10.2 Å². The summed E-state index contributed by atoms with van der Waals surface area (Å²) in [5, 5.41) is 7.95. The summed E-state index contributed by atoms with van der Waals surface area (Å²) >= 11 is 0. The molecule has 1 unspecified atom stereocenters. The van der Waals surface area contributed by atoms with Crippen molar-refractivity contribution in [2.75, 3.05) is 0 Å². The lowest BCUT2D eigenvalue weighted by atomic mass is 9.84. The first-order valence-corrected chi connectivity index (χ1v) is 5.38. The second kappa shape index (κ2) is 4.09. The first-order valence-electron chi connectivity index (χ1n) is 5.38. The van der Waals surface area contributed by atoms with Gasteiger partial charge in [0.25, 0.3) is 0 Å². The molecule has 1 aliphatic carbocycles. The third kappa shape index (κ3) is 1.80. The van der Waals surface area contributed by atoms with Crippen molar-refractivity contribution < 1.29 is 0 Å². The third-order valence-corrected chi connectivity index (χ3v) is 3.20. The van der Waals surface area contributed by atoms with Gasteiger partial charge in [-0.3, -0.25) is 0 Å². The van der Waals surface area contributed by atoms with Gasteiger partial charge in [0.15, 0.2) is 0 Å². The second-order valence-corrected chi connectivity index (χ2v) is 4.22. The molecular formula is C10H18N4. The number of aryl methyl sites for hydroxylation is 1. The molecule has 2 N–H and O–H groups in total. The SMILES string of the molecule is Cn1cnnc1C(N)C1CCCCC1. The second-order valence-electron chi connectivity index (χ2n) is 4.22. The normalized spacial score (nSPS) is 21.0. The molecule has 0 saturated heterocycles. The molecule has 1 fully saturated rings. The summed E-state index contributed by atoms with van der Waals surface area (Å²) in [6.07, 6.45) is 8.20. The maximum atomic E-state index is 6.19. The van der Waals surface area contributed by atoms with Gasteiger partial charge in [-0.2, -0.15) is 0 Å². The Morgan fingerprint density at radius 2 is 2.14 bits per heavy atom. The number of nitrogens with zero attached hydrogens (tertiary/aromatic N) is 3. The summed E-state index contributed by atoms with van der Waals surface area (Å²) in [5.74, 6) is 1.53. The van der Waals surface area contributed by atoms with Crippen molar-refractivity contribution in [2.24, 2.45) is 18.7 Å². The Kier molecular flexibility index (Phi) is 2.82. The van der Waals surface area contributed by atoms with E-state index in [1.807, 2.05) is 11.6 Å². The number of hydrogen-bond donors (Lipinski definition) is 1. The Bertz CT molecular complexity index is 288. The van der Waals surface area contributed by atoms with Crippen LogP contribution in [0, 0.1) is 5.92 Å². The molecule has 1 atom stereocenters. The molecule has 4 heteroatoms. The van der Waals surface area contributed by atoms with Gasteiger partial charge < -0.3 is 10.3 Å². The lowest BCUT2D eigenvalue weighted by Gasteiger charge is -2.26. The lowest BCUT2D eigenvalue weighted by molar-refractivity contribution is 0.297. The summed E-state index contributed by atoms with van der Waals surface area (Å²) in [4.78, 5) is 0. The Balaban J connectivity index is 2.07. The van der Waals surface area contributed by atoms with E-state index in [4.69, 9.17) is 5.73 Å². The highest BCUT2D eigenvalue weighted by Gasteiger charge is 2.24. The monoisotopic (exact) mass is 194 g/mol. The van der Waals surface area contributed by atoms with Gasteiger partial charge >= 0.3 is 0 Å². The maximum absolute atomic E-state index is 6.19. The zero-order valence-corrected chi connectivity index (χ0v) is 8.69. The smallest absolute Gasteiger partial charge is 0.149 e. The Morgan fingerprint density at radius 3 is 2.71 bits per heavy atom. The van der Waals surface area contributed by atoms with E-state index in [1.54, 1.807) is 6.33 Å². The van der Waals surface area contributed by atoms with E-state index in [2.05, 4.69) is 10.2 Å². The van der Waals surface area contributed by atoms with Crippen LogP contribution in [0.3, 0.4) is 0 Å². The maximum Gasteiger partial charge on any atom is 0.149 e. The molecular weight excluding hydrogens is 176 g/mol. The first-order chi connectivity index (χ1) is 6.79. The highest BCUT2D eigenvalue weighted by molar-refractivity contribution is 4.96. The Labute approximate surface area is 84.5 Å². The van der Waals surface area contributed by atoms with Gasteiger partial charge in [0.2, 0.25) is 0 Å². The Hall–Kier alpha value is -0.900. The van der Waals surface area contributed by atoms with Crippen molar-refractivity contribution in [1.82, 2.24) is 14.8 Å². The van der Waals surface area contributed by atoms with Crippen LogP contribution in [0.2, 0.25) is 0 Å². The van der Waals surface area contributed by atoms with Crippen LogP contribution in [0.1, 0.15) is 44.0 Å². The molecule has 4 nitrogen and oxygen atoms in total. The fraction of sp³-hybridized carbons (Fsp3) is 0.800. The summed E-state index contributed by atoms with van der Waals surface area (Å²) in [6.45, 7) is 0. The topological polar surface area (TPSA) is 56.7 Å². The molecule has 0 radical (unpaired) electrons. The van der Waals surface area contributed by atoms with E-state index in [0.29, 0.717) is 5.92 Å². The van der Waals surface area contributed by atoms with Crippen LogP contribution in [0.5, 0.6) is 0 Å². The minimum Gasteiger partial charge on any atom is -0.321 e. The molecule has 1 heterocycles. The van der Waals surface area contributed by atoms with Crippen LogP contribution in [0.25, 0.3) is 0 Å². The molecule has 78 valence electrons. The standard InChI is InChI=1S/C10H18N4/c1-14-7-12-13-10(14)9(11)8-5-3-2-4-6-8/h7-9H,2-6,11H2,1H3. The summed E-state index contributed by atoms with van der Waals surface area (Å²) in [7, 11) is 1.96. The van der Waals surface area contributed by atoms with E-state index in [-0.39, 0.29) is 6.04 Å². The number of rotatable bonds is 2. The van der Waals surface area contributed by atoms with Gasteiger partial charge in [-0.25, -0.2) is 0 Å². The van der Waals surface area contributed by atoms with Crippen molar-refractivity contribution in [1.29, 1.82) is 0 Å². The minimum atomic E-state index is 0.0720. The highest BCUT2D eigenvalue weighted by Crippen LogP contribution is 2.31. The van der Waals surface area contributed by atoms with Gasteiger partial charge in [0, 0.05) is 7.05 Å². The van der Waals surface area contributed by atoms with Crippen molar-refractivity contribution in [3.8, 4) is 0 Å². The van der Waals surface area contributed by atoms with Gasteiger partial charge in [-0.05, 0) is 18.8 Å². The molecule has 1 aliphatic rings. The lowest BCUT2D eigenvalue weighted by Crippen LogP contribution is -2.26. The number of nitrogens with two attached hydrogens (primary N) is 1. The van der Waals surface area contributed by atoms with E-state index < -0.39 is 0 Å². The van der Waals surface area contributed by atoms with Crippen LogP contribution < -0.4 is 5.73 Å². The predicted octanol–water partition coefficient (Wildman–Crippen LogP) is 1.40. The molecule has 1 aromatic heterocycles. The molecule has 1 saturated carbocycles. The zero-order chi connectivity index (χ0) is 9.97. The van der Waals surface area contributed by atoms with Gasteiger partial charge in [-0.1, -0.05) is 19.3 Å². The zero-order valence-electron chi connectivity index (χ0n) is 8.69. The van der Waals surface area contributed by atoms with Crippen molar-refractivity contribution in [2.45, 2.75) is 38.1 Å². The van der Waals surface area contributed by atoms with Crippen molar-refractivity contribution in [3.05, 3.63) is 12.2 Å². The average Bonchev–Trinajstić information content (AvgIpc) is 2.65. The molecule has 0 aromatic carbocycles. The van der Waals surface area contributed by atoms with Crippen LogP contribution in [0.4, 0.5) is 0 Å². The van der Waals surface area contributed by atoms with E-state index in [9.17, 15) is 0 Å². The Morgan fingerprint density at radius 1 is 1.43 bits per heavy atom. The highest BCUT2D eigenvalue weighted by atomic mass is 15.3. The molecule has 1 aromatic rings. The third-order valence-electron chi connectivity index (χ3n) is 3.20. The quantitative estimate of drug-likeness (QED) is 0.774. The molecule has 0 bridgehead atoms.